The summed E-state index contributed by atoms with van der Waals surface area (Å²) in [5, 5.41) is 41.7. The summed E-state index contributed by atoms with van der Waals surface area (Å²) in [7, 11) is 0. The molecule has 0 bridgehead atoms. The third-order valence-corrected chi connectivity index (χ3v) is 6.53. The highest BCUT2D eigenvalue weighted by Gasteiger charge is 2.65. The summed E-state index contributed by atoms with van der Waals surface area (Å²) in [6, 6.07) is 0. The quantitative estimate of drug-likeness (QED) is 0.183. The molecule has 0 saturated carbocycles. The molecule has 0 heterocycles. The zero-order valence-electron chi connectivity index (χ0n) is 19.7. The van der Waals surface area contributed by atoms with Crippen LogP contribution in [-0.4, -0.2) is 43.9 Å². The van der Waals surface area contributed by atoms with E-state index < -0.39 is 34.8 Å². The van der Waals surface area contributed by atoms with Crippen molar-refractivity contribution in [2.24, 2.45) is 11.3 Å². The van der Waals surface area contributed by atoms with Crippen LogP contribution in [0, 0.1) is 11.3 Å². The number of unbranched alkanes of at least 4 members (excludes halogenated alkanes) is 9. The van der Waals surface area contributed by atoms with E-state index in [1.165, 1.54) is 0 Å². The molecule has 31 heavy (non-hydrogen) atoms. The number of aliphatic carboxylic acids is 3. The summed E-state index contributed by atoms with van der Waals surface area (Å²) in [4.78, 5) is 37.1. The first kappa shape index (κ1) is 29.4. The molecule has 0 radical (unpaired) electrons. The highest BCUT2D eigenvalue weighted by Crippen LogP contribution is 2.48. The minimum atomic E-state index is -2.87. The van der Waals surface area contributed by atoms with Gasteiger partial charge in [-0.05, 0) is 19.3 Å². The number of carboxylic acids is 3. The van der Waals surface area contributed by atoms with Crippen molar-refractivity contribution in [2.45, 2.75) is 123 Å². The molecule has 0 aliphatic rings. The molecule has 0 saturated heterocycles. The van der Waals surface area contributed by atoms with Crippen molar-refractivity contribution in [3.63, 3.8) is 0 Å². The average Bonchev–Trinajstić information content (AvgIpc) is 2.71. The summed E-state index contributed by atoms with van der Waals surface area (Å²) in [5.41, 5.74) is -4.90. The van der Waals surface area contributed by atoms with Gasteiger partial charge in [-0.3, -0.25) is 9.59 Å². The molecule has 0 aromatic carbocycles. The molecule has 2 atom stereocenters. The fraction of sp³-hybridized carbons (Fsp3) is 0.875. The molecule has 0 aliphatic heterocycles. The lowest BCUT2D eigenvalue weighted by Gasteiger charge is -2.45. The summed E-state index contributed by atoms with van der Waals surface area (Å²) < 4.78 is 0. The van der Waals surface area contributed by atoms with E-state index in [4.69, 9.17) is 0 Å². The number of hydrogen-bond donors (Lipinski definition) is 4. The molecular weight excluding hydrogens is 400 g/mol. The molecule has 0 aromatic heterocycles. The van der Waals surface area contributed by atoms with Gasteiger partial charge in [-0.2, -0.15) is 0 Å². The van der Waals surface area contributed by atoms with Crippen molar-refractivity contribution in [3.05, 3.63) is 0 Å². The molecule has 7 nitrogen and oxygen atoms in total. The Morgan fingerprint density at radius 2 is 1.06 bits per heavy atom. The zero-order valence-corrected chi connectivity index (χ0v) is 19.7. The third kappa shape index (κ3) is 8.09. The smallest absolute Gasteiger partial charge is 0.337 e. The molecule has 4 N–H and O–H groups in total. The second-order valence-corrected chi connectivity index (χ2v) is 8.82. The van der Waals surface area contributed by atoms with Crippen LogP contribution in [0.1, 0.15) is 117 Å². The third-order valence-electron chi connectivity index (χ3n) is 6.53. The Bertz CT molecular complexity index is 534. The van der Waals surface area contributed by atoms with Crippen LogP contribution in [0.15, 0.2) is 0 Å². The molecule has 0 fully saturated rings. The normalized spacial score (nSPS) is 14.7. The van der Waals surface area contributed by atoms with Crippen molar-refractivity contribution < 1.29 is 34.8 Å². The Hall–Kier alpha value is -1.63. The Balaban J connectivity index is 6.18. The Morgan fingerprint density at radius 3 is 1.39 bits per heavy atom. The van der Waals surface area contributed by atoms with Gasteiger partial charge in [-0.15, -0.1) is 0 Å². The molecule has 182 valence electrons. The maximum atomic E-state index is 12.6. The molecular formula is C24H44O7. The van der Waals surface area contributed by atoms with Crippen molar-refractivity contribution in [1.82, 2.24) is 0 Å². The van der Waals surface area contributed by atoms with Crippen LogP contribution in [0.3, 0.4) is 0 Å². The van der Waals surface area contributed by atoms with Gasteiger partial charge in [-0.1, -0.05) is 97.8 Å². The molecule has 0 spiro atoms. The van der Waals surface area contributed by atoms with Gasteiger partial charge in [0.15, 0.2) is 5.60 Å². The Labute approximate surface area is 187 Å². The second kappa shape index (κ2) is 15.2. The summed E-state index contributed by atoms with van der Waals surface area (Å²) in [5.74, 6) is -6.28. The van der Waals surface area contributed by atoms with Crippen molar-refractivity contribution in [2.75, 3.05) is 0 Å². The van der Waals surface area contributed by atoms with Gasteiger partial charge < -0.3 is 20.4 Å². The number of carboxylic acid groups (broad SMARTS) is 3. The SMILES string of the molecule is CCCCCCC(C(=O)O)C(O)(C(=O)O)C(CCCCCC)(CCCCCC)C(=O)O. The van der Waals surface area contributed by atoms with Gasteiger partial charge in [0.2, 0.25) is 0 Å². The van der Waals surface area contributed by atoms with Crippen molar-refractivity contribution in [1.29, 1.82) is 0 Å². The number of aliphatic hydroxyl groups is 1. The van der Waals surface area contributed by atoms with Crippen LogP contribution in [0.25, 0.3) is 0 Å². The van der Waals surface area contributed by atoms with Crippen LogP contribution in [0.4, 0.5) is 0 Å². The number of carbonyl (C=O) groups is 3. The number of rotatable bonds is 20. The van der Waals surface area contributed by atoms with Gasteiger partial charge in [0.05, 0.1) is 5.92 Å². The number of hydrogen-bond acceptors (Lipinski definition) is 4. The molecule has 0 rings (SSSR count). The van der Waals surface area contributed by atoms with Gasteiger partial charge in [0.1, 0.15) is 5.41 Å². The molecule has 0 aromatic rings. The highest BCUT2D eigenvalue weighted by atomic mass is 16.4. The van der Waals surface area contributed by atoms with Crippen LogP contribution >= 0.6 is 0 Å². The second-order valence-electron chi connectivity index (χ2n) is 8.82. The first-order valence-corrected chi connectivity index (χ1v) is 12.1. The van der Waals surface area contributed by atoms with Crippen LogP contribution in [0.2, 0.25) is 0 Å². The Kier molecular flexibility index (Phi) is 14.4. The minimum absolute atomic E-state index is 0.0456. The van der Waals surface area contributed by atoms with Gasteiger partial charge in [-0.25, -0.2) is 4.79 Å². The molecule has 0 amide bonds. The monoisotopic (exact) mass is 444 g/mol. The van der Waals surface area contributed by atoms with E-state index in [1.54, 1.807) is 0 Å². The van der Waals surface area contributed by atoms with Crippen LogP contribution in [0.5, 0.6) is 0 Å². The minimum Gasteiger partial charge on any atom is -0.481 e. The predicted molar refractivity (Wildman–Crippen MR) is 120 cm³/mol. The van der Waals surface area contributed by atoms with E-state index in [0.717, 1.165) is 38.5 Å². The van der Waals surface area contributed by atoms with Crippen LogP contribution in [-0.2, 0) is 14.4 Å². The van der Waals surface area contributed by atoms with Crippen molar-refractivity contribution >= 4 is 17.9 Å². The van der Waals surface area contributed by atoms with Crippen LogP contribution < -0.4 is 0 Å². The zero-order chi connectivity index (χ0) is 23.9. The maximum Gasteiger partial charge on any atom is 0.337 e. The van der Waals surface area contributed by atoms with E-state index in [9.17, 15) is 34.8 Å². The molecule has 2 unspecified atom stereocenters. The fourth-order valence-corrected chi connectivity index (χ4v) is 4.56. The topological polar surface area (TPSA) is 132 Å². The summed E-state index contributed by atoms with van der Waals surface area (Å²) >= 11 is 0. The standard InChI is InChI=1S/C24H44O7/c1-4-7-10-13-16-19(20(25)26)24(31,22(29)30)23(21(27)28,17-14-11-8-5-2)18-15-12-9-6-3/h19,31H,4-18H2,1-3H3,(H,25,26)(H,27,28)(H,29,30). The van der Waals surface area contributed by atoms with Crippen molar-refractivity contribution in [3.8, 4) is 0 Å². The maximum absolute atomic E-state index is 12.6. The Morgan fingerprint density at radius 1 is 0.645 bits per heavy atom. The lowest BCUT2D eigenvalue weighted by Crippen LogP contribution is -2.64. The van der Waals surface area contributed by atoms with E-state index in [-0.39, 0.29) is 19.3 Å². The first-order chi connectivity index (χ1) is 14.7. The van der Waals surface area contributed by atoms with Gasteiger partial charge in [0.25, 0.3) is 0 Å². The first-order valence-electron chi connectivity index (χ1n) is 12.1. The fourth-order valence-electron chi connectivity index (χ4n) is 4.56. The highest BCUT2D eigenvalue weighted by molar-refractivity contribution is 5.93. The lowest BCUT2D eigenvalue weighted by atomic mass is 9.59. The molecule has 7 heteroatoms. The predicted octanol–water partition coefficient (Wildman–Crippen LogP) is 5.49. The van der Waals surface area contributed by atoms with Gasteiger partial charge in [0, 0.05) is 0 Å². The largest absolute Gasteiger partial charge is 0.481 e. The summed E-state index contributed by atoms with van der Waals surface area (Å²) in [6.45, 7) is 6.03. The molecule has 0 aliphatic carbocycles. The van der Waals surface area contributed by atoms with Gasteiger partial charge >= 0.3 is 17.9 Å². The summed E-state index contributed by atoms with van der Waals surface area (Å²) in [6.07, 6.45) is 8.68. The van der Waals surface area contributed by atoms with E-state index >= 15 is 0 Å². The van der Waals surface area contributed by atoms with E-state index in [0.29, 0.717) is 38.5 Å². The lowest BCUT2D eigenvalue weighted by molar-refractivity contribution is -0.207. The van der Waals surface area contributed by atoms with E-state index in [1.807, 2.05) is 20.8 Å². The average molecular weight is 445 g/mol. The van der Waals surface area contributed by atoms with E-state index in [2.05, 4.69) is 0 Å².